The maximum Gasteiger partial charge on any atom is 0.338 e. The molecule has 1 aromatic carbocycles. The summed E-state index contributed by atoms with van der Waals surface area (Å²) in [5.74, 6) is -0.185. The van der Waals surface area contributed by atoms with E-state index in [4.69, 9.17) is 25.8 Å². The molecule has 1 amide bonds. The zero-order valence-corrected chi connectivity index (χ0v) is 15.4. The predicted octanol–water partition coefficient (Wildman–Crippen LogP) is 3.35. The van der Waals surface area contributed by atoms with Crippen molar-refractivity contribution in [2.75, 3.05) is 20.3 Å². The van der Waals surface area contributed by atoms with E-state index in [1.165, 1.54) is 19.2 Å². The fraction of sp³-hybridized carbons (Fsp3) is 0.556. The lowest BCUT2D eigenvalue weighted by atomic mass is 10.2. The number of esters is 1. The Labute approximate surface area is 152 Å². The van der Waals surface area contributed by atoms with Gasteiger partial charge in [-0.3, -0.25) is 4.79 Å². The number of hydrogen-bond acceptors (Lipinski definition) is 5. The molecule has 1 saturated carbocycles. The van der Waals surface area contributed by atoms with E-state index >= 15 is 0 Å². The zero-order valence-electron chi connectivity index (χ0n) is 14.6. The van der Waals surface area contributed by atoms with Gasteiger partial charge in [0.2, 0.25) is 0 Å². The van der Waals surface area contributed by atoms with Crippen molar-refractivity contribution in [3.05, 3.63) is 22.7 Å². The zero-order chi connectivity index (χ0) is 18.2. The van der Waals surface area contributed by atoms with Crippen LogP contribution in [0.2, 0.25) is 5.02 Å². The molecule has 0 bridgehead atoms. The summed E-state index contributed by atoms with van der Waals surface area (Å²) in [7, 11) is 1.47. The molecule has 1 aromatic rings. The average Bonchev–Trinajstić information content (AvgIpc) is 3.10. The molecular weight excluding hydrogens is 346 g/mol. The Morgan fingerprint density at radius 1 is 1.28 bits per heavy atom. The van der Waals surface area contributed by atoms with E-state index in [1.54, 1.807) is 0 Å². The lowest BCUT2D eigenvalue weighted by Gasteiger charge is -2.14. The highest BCUT2D eigenvalue weighted by Crippen LogP contribution is 2.36. The number of nitrogens with one attached hydrogen (secondary N) is 1. The lowest BCUT2D eigenvalue weighted by molar-refractivity contribution is -0.124. The van der Waals surface area contributed by atoms with Gasteiger partial charge < -0.3 is 19.5 Å². The van der Waals surface area contributed by atoms with E-state index in [2.05, 4.69) is 5.32 Å². The predicted molar refractivity (Wildman–Crippen MR) is 94.5 cm³/mol. The third-order valence-corrected chi connectivity index (χ3v) is 4.25. The van der Waals surface area contributed by atoms with Crippen LogP contribution in [0.15, 0.2) is 12.1 Å². The Kier molecular flexibility index (Phi) is 7.37. The number of ether oxygens (including phenoxy) is 3. The second-order valence-corrected chi connectivity index (χ2v) is 6.37. The second kappa shape index (κ2) is 9.51. The van der Waals surface area contributed by atoms with E-state index in [-0.39, 0.29) is 29.1 Å². The van der Waals surface area contributed by atoms with Crippen LogP contribution < -0.4 is 14.8 Å². The number of benzene rings is 1. The number of carbonyl (C=O) groups is 2. The topological polar surface area (TPSA) is 73.9 Å². The van der Waals surface area contributed by atoms with Crippen molar-refractivity contribution in [3.63, 3.8) is 0 Å². The van der Waals surface area contributed by atoms with Crippen LogP contribution in [0.1, 0.15) is 49.4 Å². The first-order chi connectivity index (χ1) is 12.0. The molecule has 1 aliphatic carbocycles. The van der Waals surface area contributed by atoms with Gasteiger partial charge in [0.05, 0.1) is 24.3 Å². The van der Waals surface area contributed by atoms with Crippen LogP contribution in [0.25, 0.3) is 0 Å². The van der Waals surface area contributed by atoms with Crippen LogP contribution in [0.3, 0.4) is 0 Å². The molecule has 6 nitrogen and oxygen atoms in total. The molecule has 138 valence electrons. The molecule has 0 saturated heterocycles. The van der Waals surface area contributed by atoms with E-state index in [1.807, 2.05) is 6.92 Å². The van der Waals surface area contributed by atoms with Gasteiger partial charge >= 0.3 is 5.97 Å². The van der Waals surface area contributed by atoms with Crippen molar-refractivity contribution in [2.45, 2.75) is 45.1 Å². The minimum atomic E-state index is -0.635. The Bertz CT molecular complexity index is 614. The molecular formula is C18H24ClNO5. The highest BCUT2D eigenvalue weighted by atomic mass is 35.5. The summed E-state index contributed by atoms with van der Waals surface area (Å²) in [5.41, 5.74) is 0.208. The van der Waals surface area contributed by atoms with Crippen LogP contribution in [-0.2, 0) is 9.53 Å². The maximum atomic E-state index is 12.2. The molecule has 0 radical (unpaired) electrons. The Balaban J connectivity index is 1.96. The van der Waals surface area contributed by atoms with E-state index in [0.717, 1.165) is 32.1 Å². The monoisotopic (exact) mass is 369 g/mol. The van der Waals surface area contributed by atoms with Crippen molar-refractivity contribution in [1.29, 1.82) is 0 Å². The first-order valence-electron chi connectivity index (χ1n) is 8.52. The number of halogens is 1. The van der Waals surface area contributed by atoms with Crippen molar-refractivity contribution in [3.8, 4) is 11.5 Å². The third-order valence-electron chi connectivity index (χ3n) is 3.97. The van der Waals surface area contributed by atoms with Gasteiger partial charge in [0.1, 0.15) is 0 Å². The molecule has 1 aliphatic rings. The summed E-state index contributed by atoms with van der Waals surface area (Å²) in [6, 6.07) is 3.14. The SMILES string of the molecule is CCCOc1c(Cl)cc(C(=O)OCC(=O)NC2CCCC2)cc1OC. The van der Waals surface area contributed by atoms with Crippen molar-refractivity contribution in [1.82, 2.24) is 5.32 Å². The first kappa shape index (κ1) is 19.4. The van der Waals surface area contributed by atoms with Gasteiger partial charge in [0.25, 0.3) is 5.91 Å². The summed E-state index contributed by atoms with van der Waals surface area (Å²) in [6.45, 7) is 2.15. The second-order valence-electron chi connectivity index (χ2n) is 5.96. The fourth-order valence-electron chi connectivity index (χ4n) is 2.74. The molecule has 0 atom stereocenters. The standard InChI is InChI=1S/C18H24ClNO5/c1-3-8-24-17-14(19)9-12(10-15(17)23-2)18(22)25-11-16(21)20-13-6-4-5-7-13/h9-10,13H,3-8,11H2,1-2H3,(H,20,21). The molecule has 0 spiro atoms. The Hall–Kier alpha value is -1.95. The average molecular weight is 370 g/mol. The summed E-state index contributed by atoms with van der Waals surface area (Å²) in [5, 5.41) is 3.12. The lowest BCUT2D eigenvalue weighted by Crippen LogP contribution is -2.35. The van der Waals surface area contributed by atoms with Crippen LogP contribution in [0.4, 0.5) is 0 Å². The van der Waals surface area contributed by atoms with Crippen molar-refractivity contribution < 1.29 is 23.8 Å². The minimum Gasteiger partial charge on any atom is -0.493 e. The van der Waals surface area contributed by atoms with Crippen LogP contribution >= 0.6 is 11.6 Å². The van der Waals surface area contributed by atoms with E-state index in [0.29, 0.717) is 18.1 Å². The molecule has 1 fully saturated rings. The van der Waals surface area contributed by atoms with Crippen LogP contribution in [0, 0.1) is 0 Å². The quantitative estimate of drug-likeness (QED) is 0.711. The number of rotatable bonds is 8. The molecule has 0 heterocycles. The summed E-state index contributed by atoms with van der Waals surface area (Å²) < 4.78 is 15.8. The normalized spacial score (nSPS) is 14.2. The molecule has 7 heteroatoms. The smallest absolute Gasteiger partial charge is 0.338 e. The third kappa shape index (κ3) is 5.53. The number of methoxy groups -OCH3 is 1. The van der Waals surface area contributed by atoms with Gasteiger partial charge in [0.15, 0.2) is 18.1 Å². The van der Waals surface area contributed by atoms with Crippen molar-refractivity contribution >= 4 is 23.5 Å². The number of carbonyl (C=O) groups excluding carboxylic acids is 2. The summed E-state index contributed by atoms with van der Waals surface area (Å²) >= 11 is 6.18. The van der Waals surface area contributed by atoms with Gasteiger partial charge in [-0.15, -0.1) is 0 Å². The van der Waals surface area contributed by atoms with Gasteiger partial charge in [-0.2, -0.15) is 0 Å². The van der Waals surface area contributed by atoms with Crippen LogP contribution in [-0.4, -0.2) is 38.2 Å². The maximum absolute atomic E-state index is 12.2. The van der Waals surface area contributed by atoms with E-state index in [9.17, 15) is 9.59 Å². The van der Waals surface area contributed by atoms with Gasteiger partial charge in [0, 0.05) is 6.04 Å². The largest absolute Gasteiger partial charge is 0.493 e. The molecule has 0 unspecified atom stereocenters. The Morgan fingerprint density at radius 2 is 2.00 bits per heavy atom. The fourth-order valence-corrected chi connectivity index (χ4v) is 3.00. The summed E-state index contributed by atoms with van der Waals surface area (Å²) in [4.78, 5) is 24.0. The number of amides is 1. The molecule has 2 rings (SSSR count). The molecule has 25 heavy (non-hydrogen) atoms. The highest BCUT2D eigenvalue weighted by Gasteiger charge is 2.20. The van der Waals surface area contributed by atoms with Crippen molar-refractivity contribution in [2.24, 2.45) is 0 Å². The minimum absolute atomic E-state index is 0.190. The molecule has 0 aliphatic heterocycles. The number of hydrogen-bond donors (Lipinski definition) is 1. The first-order valence-corrected chi connectivity index (χ1v) is 8.89. The highest BCUT2D eigenvalue weighted by molar-refractivity contribution is 6.32. The van der Waals surface area contributed by atoms with Gasteiger partial charge in [-0.25, -0.2) is 4.79 Å². The summed E-state index contributed by atoms with van der Waals surface area (Å²) in [6.07, 6.45) is 5.02. The molecule has 1 N–H and O–H groups in total. The van der Waals surface area contributed by atoms with Crippen LogP contribution in [0.5, 0.6) is 11.5 Å². The van der Waals surface area contributed by atoms with Gasteiger partial charge in [-0.05, 0) is 31.4 Å². The van der Waals surface area contributed by atoms with Gasteiger partial charge in [-0.1, -0.05) is 31.4 Å². The molecule has 0 aromatic heterocycles. The Morgan fingerprint density at radius 3 is 2.64 bits per heavy atom. The van der Waals surface area contributed by atoms with E-state index < -0.39 is 5.97 Å².